The zero-order chi connectivity index (χ0) is 22.9. The minimum Gasteiger partial charge on any atom is -0.352 e. The summed E-state index contributed by atoms with van der Waals surface area (Å²) in [5.41, 5.74) is 2.02. The highest BCUT2D eigenvalue weighted by atomic mass is 35.5. The van der Waals surface area contributed by atoms with E-state index in [4.69, 9.17) is 23.2 Å². The molecule has 1 fully saturated rings. The minimum atomic E-state index is -0.532. The molecular formula is C25H30Cl2N2O2S. The lowest BCUT2D eigenvalue weighted by Gasteiger charge is -2.31. The fourth-order valence-electron chi connectivity index (χ4n) is 3.90. The second-order valence-corrected chi connectivity index (χ2v) is 10.1. The van der Waals surface area contributed by atoms with Crippen LogP contribution in [0.15, 0.2) is 48.5 Å². The Bertz CT molecular complexity index is 904. The van der Waals surface area contributed by atoms with Gasteiger partial charge in [-0.25, -0.2) is 0 Å². The van der Waals surface area contributed by atoms with E-state index in [1.165, 1.54) is 18.2 Å². The number of rotatable bonds is 9. The number of hydrogen-bond donors (Lipinski definition) is 1. The maximum Gasteiger partial charge on any atom is 0.242 e. The summed E-state index contributed by atoms with van der Waals surface area (Å²) in [6, 6.07) is 15.0. The zero-order valence-electron chi connectivity index (χ0n) is 18.4. The molecular weight excluding hydrogens is 463 g/mol. The van der Waals surface area contributed by atoms with Gasteiger partial charge in [0.2, 0.25) is 11.8 Å². The van der Waals surface area contributed by atoms with Crippen molar-refractivity contribution in [3.8, 4) is 0 Å². The highest BCUT2D eigenvalue weighted by Gasteiger charge is 2.28. The van der Waals surface area contributed by atoms with Gasteiger partial charge >= 0.3 is 0 Å². The number of carbonyl (C=O) groups excluding carboxylic acids is 2. The van der Waals surface area contributed by atoms with Gasteiger partial charge in [0.15, 0.2) is 0 Å². The van der Waals surface area contributed by atoms with E-state index in [9.17, 15) is 9.59 Å². The SMILES string of the molecule is CC(C(=O)NC1CCCCC1)N(Cc1ccccc1)C(=O)CSCc1ccc(Cl)c(Cl)c1. The summed E-state index contributed by atoms with van der Waals surface area (Å²) in [5, 5.41) is 4.19. The minimum absolute atomic E-state index is 0.0507. The van der Waals surface area contributed by atoms with Gasteiger partial charge in [-0.1, -0.05) is 78.9 Å². The molecule has 0 bridgehead atoms. The first-order valence-electron chi connectivity index (χ1n) is 11.1. The second kappa shape index (κ2) is 12.5. The average molecular weight is 494 g/mol. The molecule has 2 amide bonds. The van der Waals surface area contributed by atoms with E-state index in [-0.39, 0.29) is 23.6 Å². The third kappa shape index (κ3) is 7.43. The third-order valence-corrected chi connectivity index (χ3v) is 7.52. The van der Waals surface area contributed by atoms with Crippen LogP contribution in [-0.2, 0) is 21.9 Å². The molecule has 0 aromatic heterocycles. The van der Waals surface area contributed by atoms with Crippen LogP contribution in [0.5, 0.6) is 0 Å². The van der Waals surface area contributed by atoms with Gasteiger partial charge in [0, 0.05) is 18.3 Å². The van der Waals surface area contributed by atoms with Crippen LogP contribution in [0.1, 0.15) is 50.2 Å². The van der Waals surface area contributed by atoms with E-state index in [1.807, 2.05) is 49.4 Å². The molecule has 1 unspecified atom stereocenters. The van der Waals surface area contributed by atoms with Crippen molar-refractivity contribution in [3.63, 3.8) is 0 Å². The van der Waals surface area contributed by atoms with Gasteiger partial charge in [-0.15, -0.1) is 11.8 Å². The molecule has 3 rings (SSSR count). The van der Waals surface area contributed by atoms with Gasteiger partial charge in [-0.05, 0) is 43.0 Å². The molecule has 0 radical (unpaired) electrons. The average Bonchev–Trinajstić information content (AvgIpc) is 2.80. The lowest BCUT2D eigenvalue weighted by atomic mass is 9.95. The molecule has 0 aliphatic heterocycles. The standard InChI is InChI=1S/C25H30Cl2N2O2S/c1-18(25(31)28-21-10-6-3-7-11-21)29(15-19-8-4-2-5-9-19)24(30)17-32-16-20-12-13-22(26)23(27)14-20/h2,4-5,8-9,12-14,18,21H,3,6-7,10-11,15-17H2,1H3,(H,28,31). The van der Waals surface area contributed by atoms with E-state index in [0.29, 0.717) is 22.3 Å². The van der Waals surface area contributed by atoms with Crippen molar-refractivity contribution in [1.82, 2.24) is 10.2 Å². The highest BCUT2D eigenvalue weighted by molar-refractivity contribution is 7.99. The Morgan fingerprint density at radius 3 is 2.44 bits per heavy atom. The maximum atomic E-state index is 13.2. The fourth-order valence-corrected chi connectivity index (χ4v) is 5.08. The number of amides is 2. The number of nitrogens with one attached hydrogen (secondary N) is 1. The quantitative estimate of drug-likeness (QED) is 0.460. The Labute approximate surface area is 205 Å². The predicted molar refractivity (Wildman–Crippen MR) is 134 cm³/mol. The number of thioether (sulfide) groups is 1. The zero-order valence-corrected chi connectivity index (χ0v) is 20.7. The Balaban J connectivity index is 1.63. The van der Waals surface area contributed by atoms with E-state index in [2.05, 4.69) is 5.32 Å². The van der Waals surface area contributed by atoms with E-state index < -0.39 is 6.04 Å². The monoisotopic (exact) mass is 492 g/mol. The molecule has 4 nitrogen and oxygen atoms in total. The van der Waals surface area contributed by atoms with Gasteiger partial charge in [0.05, 0.1) is 15.8 Å². The lowest BCUT2D eigenvalue weighted by Crippen LogP contribution is -2.50. The van der Waals surface area contributed by atoms with Crippen LogP contribution in [0.3, 0.4) is 0 Å². The molecule has 172 valence electrons. The normalized spacial score (nSPS) is 15.2. The van der Waals surface area contributed by atoms with Crippen molar-refractivity contribution in [2.45, 2.75) is 63.4 Å². The van der Waals surface area contributed by atoms with E-state index in [1.54, 1.807) is 11.0 Å². The second-order valence-electron chi connectivity index (χ2n) is 8.27. The number of hydrogen-bond acceptors (Lipinski definition) is 3. The molecule has 0 saturated heterocycles. The Kier molecular flexibility index (Phi) is 9.76. The topological polar surface area (TPSA) is 49.4 Å². The Hall–Kier alpha value is -1.69. The molecule has 2 aromatic rings. The first-order valence-corrected chi connectivity index (χ1v) is 13.0. The molecule has 7 heteroatoms. The van der Waals surface area contributed by atoms with Crippen LogP contribution < -0.4 is 5.32 Å². The van der Waals surface area contributed by atoms with E-state index in [0.717, 1.165) is 36.8 Å². The first-order chi connectivity index (χ1) is 15.4. The van der Waals surface area contributed by atoms with Crippen molar-refractivity contribution >= 4 is 46.8 Å². The predicted octanol–water partition coefficient (Wildman–Crippen LogP) is 6.09. The lowest BCUT2D eigenvalue weighted by molar-refractivity contribution is -0.139. The third-order valence-electron chi connectivity index (χ3n) is 5.79. The molecule has 1 atom stereocenters. The summed E-state index contributed by atoms with van der Waals surface area (Å²) in [7, 11) is 0. The number of carbonyl (C=O) groups is 2. The largest absolute Gasteiger partial charge is 0.352 e. The smallest absolute Gasteiger partial charge is 0.242 e. The summed E-state index contributed by atoms with van der Waals surface area (Å²) >= 11 is 13.6. The van der Waals surface area contributed by atoms with Crippen LogP contribution in [0.4, 0.5) is 0 Å². The van der Waals surface area contributed by atoms with Gasteiger partial charge in [-0.3, -0.25) is 9.59 Å². The Morgan fingerprint density at radius 1 is 1.03 bits per heavy atom. The molecule has 32 heavy (non-hydrogen) atoms. The molecule has 0 heterocycles. The van der Waals surface area contributed by atoms with Crippen LogP contribution in [0, 0.1) is 0 Å². The van der Waals surface area contributed by atoms with Crippen LogP contribution in [-0.4, -0.2) is 34.6 Å². The van der Waals surface area contributed by atoms with Crippen molar-refractivity contribution in [3.05, 3.63) is 69.7 Å². The highest BCUT2D eigenvalue weighted by Crippen LogP contribution is 2.25. The van der Waals surface area contributed by atoms with Gasteiger partial charge in [0.25, 0.3) is 0 Å². The van der Waals surface area contributed by atoms with Crippen molar-refractivity contribution in [2.75, 3.05) is 5.75 Å². The molecule has 1 aliphatic rings. The molecule has 2 aromatic carbocycles. The number of nitrogens with zero attached hydrogens (tertiary/aromatic N) is 1. The van der Waals surface area contributed by atoms with E-state index >= 15 is 0 Å². The number of halogens is 2. The number of benzene rings is 2. The molecule has 1 aliphatic carbocycles. The summed E-state index contributed by atoms with van der Waals surface area (Å²) in [6.45, 7) is 2.23. The summed E-state index contributed by atoms with van der Waals surface area (Å²) in [5.74, 6) is 0.805. The molecule has 1 saturated carbocycles. The van der Waals surface area contributed by atoms with Crippen molar-refractivity contribution in [1.29, 1.82) is 0 Å². The van der Waals surface area contributed by atoms with Crippen LogP contribution >= 0.6 is 35.0 Å². The summed E-state index contributed by atoms with van der Waals surface area (Å²) < 4.78 is 0. The van der Waals surface area contributed by atoms with Gasteiger partial charge in [-0.2, -0.15) is 0 Å². The van der Waals surface area contributed by atoms with Crippen molar-refractivity contribution in [2.24, 2.45) is 0 Å². The Morgan fingerprint density at radius 2 is 1.75 bits per heavy atom. The molecule has 1 N–H and O–H groups in total. The summed E-state index contributed by atoms with van der Waals surface area (Å²) in [4.78, 5) is 27.8. The molecule has 0 spiro atoms. The first kappa shape index (κ1) is 24.9. The van der Waals surface area contributed by atoms with Crippen molar-refractivity contribution < 1.29 is 9.59 Å². The van der Waals surface area contributed by atoms with Crippen LogP contribution in [0.25, 0.3) is 0 Å². The van der Waals surface area contributed by atoms with Gasteiger partial charge < -0.3 is 10.2 Å². The van der Waals surface area contributed by atoms with Crippen LogP contribution in [0.2, 0.25) is 10.0 Å². The van der Waals surface area contributed by atoms with Gasteiger partial charge in [0.1, 0.15) is 6.04 Å². The maximum absolute atomic E-state index is 13.2. The fraction of sp³-hybridized carbons (Fsp3) is 0.440. The summed E-state index contributed by atoms with van der Waals surface area (Å²) in [6.07, 6.45) is 5.57.